The molecule has 1 unspecified atom stereocenters. The van der Waals surface area contributed by atoms with Gasteiger partial charge in [-0.25, -0.2) is 4.98 Å². The highest BCUT2D eigenvalue weighted by atomic mass is 79.9. The number of unbranched alkanes of at least 4 members (excludes halogenated alkanes) is 1. The third-order valence-corrected chi connectivity index (χ3v) is 3.35. The maximum Gasteiger partial charge on any atom is 0.128 e. The predicted octanol–water partition coefficient (Wildman–Crippen LogP) is 4.25. The van der Waals surface area contributed by atoms with E-state index in [9.17, 15) is 0 Å². The van der Waals surface area contributed by atoms with Crippen LogP contribution in [0.4, 0.5) is 5.82 Å². The normalized spacial score (nSPS) is 12.5. The molecule has 0 aliphatic heterocycles. The summed E-state index contributed by atoms with van der Waals surface area (Å²) in [6.07, 6.45) is 5.48. The quantitative estimate of drug-likeness (QED) is 0.776. The molecule has 0 radical (unpaired) electrons. The second-order valence-electron chi connectivity index (χ2n) is 4.14. The van der Waals surface area contributed by atoms with Crippen molar-refractivity contribution in [3.63, 3.8) is 0 Å². The summed E-state index contributed by atoms with van der Waals surface area (Å²) in [6, 6.07) is 4.70. The molecule has 0 aliphatic carbocycles. The van der Waals surface area contributed by atoms with E-state index in [0.29, 0.717) is 6.04 Å². The molecule has 2 nitrogen and oxygen atoms in total. The molecule has 0 fully saturated rings. The third kappa shape index (κ3) is 3.78. The SMILES string of the molecule is CCCCN(c1ccc(Br)cn1)C(C)CC. The molecule has 0 bridgehead atoms. The molecule has 0 spiro atoms. The Bertz CT molecular complexity index is 297. The minimum atomic E-state index is 0.556. The van der Waals surface area contributed by atoms with Crippen LogP contribution in [0.15, 0.2) is 22.8 Å². The molecule has 1 aromatic heterocycles. The first kappa shape index (κ1) is 13.5. The summed E-state index contributed by atoms with van der Waals surface area (Å²) >= 11 is 3.42. The topological polar surface area (TPSA) is 16.1 Å². The third-order valence-electron chi connectivity index (χ3n) is 2.88. The van der Waals surface area contributed by atoms with Gasteiger partial charge in [0.2, 0.25) is 0 Å². The molecule has 0 aliphatic rings. The minimum Gasteiger partial charge on any atom is -0.354 e. The molecule has 0 amide bonds. The van der Waals surface area contributed by atoms with E-state index in [1.54, 1.807) is 0 Å². The lowest BCUT2D eigenvalue weighted by atomic mass is 10.2. The van der Waals surface area contributed by atoms with Gasteiger partial charge in [-0.15, -0.1) is 0 Å². The molecule has 90 valence electrons. The molecule has 1 rings (SSSR count). The van der Waals surface area contributed by atoms with Gasteiger partial charge in [-0.2, -0.15) is 0 Å². The van der Waals surface area contributed by atoms with Crippen molar-refractivity contribution in [2.24, 2.45) is 0 Å². The van der Waals surface area contributed by atoms with Crippen LogP contribution >= 0.6 is 15.9 Å². The van der Waals surface area contributed by atoms with Gasteiger partial charge in [-0.1, -0.05) is 20.3 Å². The number of hydrogen-bond acceptors (Lipinski definition) is 2. The van der Waals surface area contributed by atoms with Crippen LogP contribution in [0.5, 0.6) is 0 Å². The molecule has 1 aromatic rings. The summed E-state index contributed by atoms with van der Waals surface area (Å²) in [4.78, 5) is 6.88. The number of aromatic nitrogens is 1. The van der Waals surface area contributed by atoms with E-state index in [2.05, 4.69) is 58.7 Å². The predicted molar refractivity (Wildman–Crippen MR) is 73.9 cm³/mol. The molecule has 0 saturated heterocycles. The highest BCUT2D eigenvalue weighted by Crippen LogP contribution is 2.18. The van der Waals surface area contributed by atoms with Crippen molar-refractivity contribution in [1.82, 2.24) is 4.98 Å². The average Bonchev–Trinajstić information content (AvgIpc) is 2.31. The number of hydrogen-bond donors (Lipinski definition) is 0. The number of pyridine rings is 1. The Morgan fingerprint density at radius 3 is 2.62 bits per heavy atom. The van der Waals surface area contributed by atoms with Crippen LogP contribution in [0.1, 0.15) is 40.0 Å². The van der Waals surface area contributed by atoms with E-state index in [4.69, 9.17) is 0 Å². The van der Waals surface area contributed by atoms with Crippen molar-refractivity contribution in [3.05, 3.63) is 22.8 Å². The molecule has 0 saturated carbocycles. The van der Waals surface area contributed by atoms with Crippen LogP contribution in [0.2, 0.25) is 0 Å². The highest BCUT2D eigenvalue weighted by Gasteiger charge is 2.13. The van der Waals surface area contributed by atoms with Crippen molar-refractivity contribution in [2.75, 3.05) is 11.4 Å². The van der Waals surface area contributed by atoms with E-state index in [-0.39, 0.29) is 0 Å². The maximum atomic E-state index is 4.48. The van der Waals surface area contributed by atoms with E-state index >= 15 is 0 Å². The van der Waals surface area contributed by atoms with Crippen LogP contribution < -0.4 is 4.90 Å². The Hall–Kier alpha value is -0.570. The fourth-order valence-corrected chi connectivity index (χ4v) is 1.88. The smallest absolute Gasteiger partial charge is 0.128 e. The van der Waals surface area contributed by atoms with Crippen LogP contribution in [0.25, 0.3) is 0 Å². The van der Waals surface area contributed by atoms with Crippen LogP contribution in [-0.4, -0.2) is 17.6 Å². The van der Waals surface area contributed by atoms with Crippen LogP contribution in [-0.2, 0) is 0 Å². The summed E-state index contributed by atoms with van der Waals surface area (Å²) in [5, 5.41) is 0. The van der Waals surface area contributed by atoms with Crippen molar-refractivity contribution >= 4 is 21.7 Å². The number of anilines is 1. The summed E-state index contributed by atoms with van der Waals surface area (Å²) in [5.74, 6) is 1.09. The largest absolute Gasteiger partial charge is 0.354 e. The van der Waals surface area contributed by atoms with Gasteiger partial charge in [-0.3, -0.25) is 0 Å². The molecule has 16 heavy (non-hydrogen) atoms. The van der Waals surface area contributed by atoms with Crippen molar-refractivity contribution in [2.45, 2.75) is 46.1 Å². The van der Waals surface area contributed by atoms with Crippen molar-refractivity contribution in [3.8, 4) is 0 Å². The van der Waals surface area contributed by atoms with Crippen molar-refractivity contribution in [1.29, 1.82) is 0 Å². The van der Waals surface area contributed by atoms with E-state index in [1.807, 2.05) is 6.20 Å². The van der Waals surface area contributed by atoms with Gasteiger partial charge >= 0.3 is 0 Å². The molecule has 1 atom stereocenters. The summed E-state index contributed by atoms with van der Waals surface area (Å²) in [7, 11) is 0. The van der Waals surface area contributed by atoms with Gasteiger partial charge in [-0.05, 0) is 47.8 Å². The number of halogens is 1. The number of rotatable bonds is 6. The molecule has 1 heterocycles. The monoisotopic (exact) mass is 284 g/mol. The first-order valence-corrected chi connectivity index (χ1v) is 6.86. The highest BCUT2D eigenvalue weighted by molar-refractivity contribution is 9.10. The van der Waals surface area contributed by atoms with Gasteiger partial charge in [0.25, 0.3) is 0 Å². The van der Waals surface area contributed by atoms with E-state index < -0.39 is 0 Å². The summed E-state index contributed by atoms with van der Waals surface area (Å²) < 4.78 is 1.04. The van der Waals surface area contributed by atoms with Crippen LogP contribution in [0, 0.1) is 0 Å². The molecule has 0 aromatic carbocycles. The van der Waals surface area contributed by atoms with Gasteiger partial charge < -0.3 is 4.90 Å². The zero-order valence-corrected chi connectivity index (χ0v) is 12.0. The van der Waals surface area contributed by atoms with E-state index in [1.165, 1.54) is 12.8 Å². The lowest BCUT2D eigenvalue weighted by Gasteiger charge is -2.29. The zero-order chi connectivity index (χ0) is 12.0. The van der Waals surface area contributed by atoms with E-state index in [0.717, 1.165) is 23.3 Å². The summed E-state index contributed by atoms with van der Waals surface area (Å²) in [6.45, 7) is 7.81. The second-order valence-corrected chi connectivity index (χ2v) is 5.05. The van der Waals surface area contributed by atoms with Gasteiger partial charge in [0, 0.05) is 23.3 Å². The first-order valence-electron chi connectivity index (χ1n) is 6.07. The Morgan fingerprint density at radius 1 is 1.38 bits per heavy atom. The molecule has 0 N–H and O–H groups in total. The fraction of sp³-hybridized carbons (Fsp3) is 0.615. The van der Waals surface area contributed by atoms with Gasteiger partial charge in [0.15, 0.2) is 0 Å². The lowest BCUT2D eigenvalue weighted by Crippen LogP contribution is -2.34. The Labute approximate surface area is 107 Å². The Kier molecular flexibility index (Phi) is 5.81. The van der Waals surface area contributed by atoms with Crippen LogP contribution in [0.3, 0.4) is 0 Å². The molecular weight excluding hydrogens is 264 g/mol. The van der Waals surface area contributed by atoms with Gasteiger partial charge in [0.1, 0.15) is 5.82 Å². The zero-order valence-electron chi connectivity index (χ0n) is 10.4. The fourth-order valence-electron chi connectivity index (χ4n) is 1.65. The Morgan fingerprint density at radius 2 is 2.12 bits per heavy atom. The maximum absolute atomic E-state index is 4.48. The van der Waals surface area contributed by atoms with Gasteiger partial charge in [0.05, 0.1) is 0 Å². The standard InChI is InChI=1S/C13H21BrN2/c1-4-6-9-16(11(3)5-2)13-8-7-12(14)10-15-13/h7-8,10-11H,4-6,9H2,1-3H3. The molecular formula is C13H21BrN2. The first-order chi connectivity index (χ1) is 7.69. The van der Waals surface area contributed by atoms with Crippen molar-refractivity contribution < 1.29 is 0 Å². The summed E-state index contributed by atoms with van der Waals surface area (Å²) in [5.41, 5.74) is 0. The Balaban J connectivity index is 2.78. The lowest BCUT2D eigenvalue weighted by molar-refractivity contribution is 0.589. The number of nitrogens with zero attached hydrogens (tertiary/aromatic N) is 2. The average molecular weight is 285 g/mol. The molecule has 3 heteroatoms. The second kappa shape index (κ2) is 6.89. The minimum absolute atomic E-state index is 0.556.